The Morgan fingerprint density at radius 2 is 1.96 bits per heavy atom. The summed E-state index contributed by atoms with van der Waals surface area (Å²) in [7, 11) is 1.58. The lowest BCUT2D eigenvalue weighted by Gasteiger charge is -2.09. The average molecular weight is 364 g/mol. The number of methoxy groups -OCH3 is 1. The number of fused-ring (bicyclic) bond motifs is 1. The van der Waals surface area contributed by atoms with Crippen molar-refractivity contribution in [3.8, 4) is 5.75 Å². The molecule has 3 aromatic rings. The van der Waals surface area contributed by atoms with Crippen LogP contribution in [0.2, 0.25) is 0 Å². The van der Waals surface area contributed by atoms with Crippen LogP contribution in [0.15, 0.2) is 53.3 Å². The van der Waals surface area contributed by atoms with Gasteiger partial charge in [-0.1, -0.05) is 26.0 Å². The van der Waals surface area contributed by atoms with E-state index in [1.807, 2.05) is 30.3 Å². The molecule has 140 valence electrons. The third kappa shape index (κ3) is 4.56. The number of carbonyl (C=O) groups is 1. The Bertz CT molecular complexity index is 1020. The second-order valence-corrected chi connectivity index (χ2v) is 6.91. The number of ether oxygens (including phenoxy) is 1. The van der Waals surface area contributed by atoms with Gasteiger partial charge in [0, 0.05) is 29.3 Å². The van der Waals surface area contributed by atoms with E-state index in [2.05, 4.69) is 30.2 Å². The molecule has 0 saturated heterocycles. The van der Waals surface area contributed by atoms with Crippen molar-refractivity contribution in [2.45, 2.75) is 32.6 Å². The van der Waals surface area contributed by atoms with Gasteiger partial charge in [-0.3, -0.25) is 9.59 Å². The summed E-state index contributed by atoms with van der Waals surface area (Å²) in [6, 6.07) is 15.1. The number of aromatic amines is 1. The first-order valence-electron chi connectivity index (χ1n) is 9.06. The van der Waals surface area contributed by atoms with Gasteiger partial charge >= 0.3 is 0 Å². The van der Waals surface area contributed by atoms with Crippen molar-refractivity contribution in [2.75, 3.05) is 12.4 Å². The summed E-state index contributed by atoms with van der Waals surface area (Å²) < 4.78 is 5.15. The maximum absolute atomic E-state index is 12.3. The van der Waals surface area contributed by atoms with E-state index in [4.69, 9.17) is 4.74 Å². The van der Waals surface area contributed by atoms with E-state index in [-0.39, 0.29) is 17.9 Å². The normalized spacial score (nSPS) is 11.0. The van der Waals surface area contributed by atoms with Crippen molar-refractivity contribution in [1.29, 1.82) is 0 Å². The molecule has 1 amide bonds. The second-order valence-electron chi connectivity index (χ2n) is 6.91. The topological polar surface area (TPSA) is 71.2 Å². The van der Waals surface area contributed by atoms with Crippen LogP contribution in [0.3, 0.4) is 0 Å². The number of benzene rings is 2. The molecule has 0 aliphatic rings. The second kappa shape index (κ2) is 8.08. The minimum Gasteiger partial charge on any atom is -0.497 e. The molecule has 0 spiro atoms. The first-order valence-corrected chi connectivity index (χ1v) is 9.06. The fourth-order valence-corrected chi connectivity index (χ4v) is 2.99. The van der Waals surface area contributed by atoms with Gasteiger partial charge in [-0.2, -0.15) is 0 Å². The highest BCUT2D eigenvalue weighted by Gasteiger charge is 2.09. The molecule has 1 aromatic heterocycles. The van der Waals surface area contributed by atoms with E-state index in [9.17, 15) is 9.59 Å². The number of nitrogens with one attached hydrogen (secondary N) is 2. The number of carbonyl (C=O) groups excluding carboxylic acids is 1. The molecule has 0 unspecified atom stereocenters. The molecule has 2 aromatic carbocycles. The number of aromatic nitrogens is 1. The fourth-order valence-electron chi connectivity index (χ4n) is 2.99. The van der Waals surface area contributed by atoms with E-state index >= 15 is 0 Å². The number of H-pyrrole nitrogens is 1. The molecular weight excluding hydrogens is 340 g/mol. The molecule has 5 heteroatoms. The maximum Gasteiger partial charge on any atom is 0.251 e. The Morgan fingerprint density at radius 3 is 2.70 bits per heavy atom. The van der Waals surface area contributed by atoms with Gasteiger partial charge in [0.1, 0.15) is 5.75 Å². The van der Waals surface area contributed by atoms with Crippen LogP contribution in [0.4, 0.5) is 5.69 Å². The Morgan fingerprint density at radius 1 is 1.15 bits per heavy atom. The number of rotatable bonds is 6. The number of pyridine rings is 1. The highest BCUT2D eigenvalue weighted by Crippen LogP contribution is 2.20. The molecule has 2 N–H and O–H groups in total. The highest BCUT2D eigenvalue weighted by molar-refractivity contribution is 5.91. The first kappa shape index (κ1) is 18.7. The molecule has 0 bridgehead atoms. The summed E-state index contributed by atoms with van der Waals surface area (Å²) in [5.41, 5.74) is 3.18. The van der Waals surface area contributed by atoms with Crippen LogP contribution in [0.1, 0.15) is 37.3 Å². The van der Waals surface area contributed by atoms with E-state index < -0.39 is 0 Å². The molecule has 0 radical (unpaired) electrons. The van der Waals surface area contributed by atoms with Crippen LogP contribution < -0.4 is 15.6 Å². The first-order chi connectivity index (χ1) is 13.0. The van der Waals surface area contributed by atoms with Gasteiger partial charge in [-0.05, 0) is 53.6 Å². The summed E-state index contributed by atoms with van der Waals surface area (Å²) in [5, 5.41) is 3.83. The van der Waals surface area contributed by atoms with Crippen LogP contribution >= 0.6 is 0 Å². The average Bonchev–Trinajstić information content (AvgIpc) is 2.66. The standard InChI is InChI=1S/C22H24N2O3/c1-14(2)15-7-9-20-17(11-15)12-16(22(26)24-20)8-10-21(25)23-18-5-4-6-19(13-18)27-3/h4-7,9,11-14H,8,10H2,1-3H3,(H,23,25)(H,24,26). The zero-order chi connectivity index (χ0) is 19.4. The molecule has 0 atom stereocenters. The van der Waals surface area contributed by atoms with Crippen LogP contribution in [-0.2, 0) is 11.2 Å². The van der Waals surface area contributed by atoms with Crippen molar-refractivity contribution in [3.05, 3.63) is 70.0 Å². The smallest absolute Gasteiger partial charge is 0.251 e. The van der Waals surface area contributed by atoms with Gasteiger partial charge in [0.15, 0.2) is 0 Å². The molecule has 0 fully saturated rings. The number of hydrogen-bond acceptors (Lipinski definition) is 3. The zero-order valence-electron chi connectivity index (χ0n) is 15.8. The summed E-state index contributed by atoms with van der Waals surface area (Å²) in [6.07, 6.45) is 0.614. The summed E-state index contributed by atoms with van der Waals surface area (Å²) >= 11 is 0. The number of aryl methyl sites for hydroxylation is 1. The summed E-state index contributed by atoms with van der Waals surface area (Å²) in [6.45, 7) is 4.27. The molecule has 5 nitrogen and oxygen atoms in total. The molecule has 3 rings (SSSR count). The maximum atomic E-state index is 12.3. The predicted octanol–water partition coefficient (Wildman–Crippen LogP) is 4.23. The number of anilines is 1. The van der Waals surface area contributed by atoms with Gasteiger partial charge < -0.3 is 15.0 Å². The van der Waals surface area contributed by atoms with Crippen molar-refractivity contribution >= 4 is 22.5 Å². The molecular formula is C22H24N2O3. The van der Waals surface area contributed by atoms with Crippen molar-refractivity contribution in [1.82, 2.24) is 4.98 Å². The minimum atomic E-state index is -0.144. The van der Waals surface area contributed by atoms with Gasteiger partial charge in [0.05, 0.1) is 7.11 Å². The molecule has 1 heterocycles. The Balaban J connectivity index is 1.72. The summed E-state index contributed by atoms with van der Waals surface area (Å²) in [4.78, 5) is 27.5. The molecule has 27 heavy (non-hydrogen) atoms. The largest absolute Gasteiger partial charge is 0.497 e. The quantitative estimate of drug-likeness (QED) is 0.687. The highest BCUT2D eigenvalue weighted by atomic mass is 16.5. The predicted molar refractivity (Wildman–Crippen MR) is 109 cm³/mol. The lowest BCUT2D eigenvalue weighted by atomic mass is 10.00. The van der Waals surface area contributed by atoms with Gasteiger partial charge in [0.2, 0.25) is 5.91 Å². The molecule has 0 aliphatic carbocycles. The van der Waals surface area contributed by atoms with E-state index in [1.54, 1.807) is 19.2 Å². The SMILES string of the molecule is COc1cccc(NC(=O)CCc2cc3cc(C(C)C)ccc3[nH]c2=O)c1. The number of amides is 1. The molecule has 0 aliphatic heterocycles. The van der Waals surface area contributed by atoms with Gasteiger partial charge in [-0.25, -0.2) is 0 Å². The number of hydrogen-bond donors (Lipinski definition) is 2. The Kier molecular flexibility index (Phi) is 5.60. The Hall–Kier alpha value is -3.08. The molecule has 0 saturated carbocycles. The van der Waals surface area contributed by atoms with Gasteiger partial charge in [0.25, 0.3) is 5.56 Å². The van der Waals surface area contributed by atoms with Crippen molar-refractivity contribution in [3.63, 3.8) is 0 Å². The monoisotopic (exact) mass is 364 g/mol. The lowest BCUT2D eigenvalue weighted by molar-refractivity contribution is -0.116. The fraction of sp³-hybridized carbons (Fsp3) is 0.273. The Labute approximate surface area is 158 Å². The minimum absolute atomic E-state index is 0.140. The lowest BCUT2D eigenvalue weighted by Crippen LogP contribution is -2.17. The van der Waals surface area contributed by atoms with Crippen LogP contribution in [0, 0.1) is 0 Å². The van der Waals surface area contributed by atoms with Crippen molar-refractivity contribution < 1.29 is 9.53 Å². The third-order valence-corrected chi connectivity index (χ3v) is 4.59. The van der Waals surface area contributed by atoms with Crippen LogP contribution in [0.25, 0.3) is 10.9 Å². The van der Waals surface area contributed by atoms with Crippen LogP contribution in [0.5, 0.6) is 5.75 Å². The van der Waals surface area contributed by atoms with E-state index in [0.29, 0.717) is 29.3 Å². The van der Waals surface area contributed by atoms with E-state index in [0.717, 1.165) is 10.9 Å². The van der Waals surface area contributed by atoms with Crippen LogP contribution in [-0.4, -0.2) is 18.0 Å². The summed E-state index contributed by atoms with van der Waals surface area (Å²) in [5.74, 6) is 0.955. The van der Waals surface area contributed by atoms with Crippen molar-refractivity contribution in [2.24, 2.45) is 0 Å². The van der Waals surface area contributed by atoms with E-state index in [1.165, 1.54) is 5.56 Å². The third-order valence-electron chi connectivity index (χ3n) is 4.59. The van der Waals surface area contributed by atoms with Gasteiger partial charge in [-0.15, -0.1) is 0 Å². The zero-order valence-corrected chi connectivity index (χ0v) is 15.8.